The van der Waals surface area contributed by atoms with E-state index in [2.05, 4.69) is 21.2 Å². The molecule has 0 saturated carbocycles. The average molecular weight is 338 g/mol. The number of hydrogen-bond acceptors (Lipinski definition) is 1. The predicted octanol–water partition coefficient (Wildman–Crippen LogP) is 5.14. The molecule has 1 aromatic carbocycles. The van der Waals surface area contributed by atoms with Crippen molar-refractivity contribution in [3.05, 3.63) is 33.8 Å². The second-order valence-electron chi connectivity index (χ2n) is 4.67. The molecule has 0 spiro atoms. The number of hydrogen-bond donors (Lipinski definition) is 1. The van der Waals surface area contributed by atoms with Gasteiger partial charge in [-0.25, -0.2) is 0 Å². The Balaban J connectivity index is 2.79. The molecule has 5 heteroatoms. The van der Waals surface area contributed by atoms with Gasteiger partial charge in [0.25, 0.3) is 0 Å². The lowest BCUT2D eigenvalue weighted by molar-refractivity contribution is -0.136. The summed E-state index contributed by atoms with van der Waals surface area (Å²) in [6.07, 6.45) is -3.89. The highest BCUT2D eigenvalue weighted by Gasteiger charge is 2.28. The van der Waals surface area contributed by atoms with Crippen LogP contribution in [0, 0.1) is 6.92 Å². The van der Waals surface area contributed by atoms with Gasteiger partial charge in [0, 0.05) is 16.9 Å². The third-order valence-corrected chi connectivity index (χ3v) is 3.83. The summed E-state index contributed by atoms with van der Waals surface area (Å²) >= 11 is 3.40. The van der Waals surface area contributed by atoms with Crippen molar-refractivity contribution >= 4 is 15.9 Å². The SMILES string of the molecule is CCCNC(CCC(F)(F)F)c1ccc(Br)c(C)c1. The average Bonchev–Trinajstić information content (AvgIpc) is 2.32. The number of nitrogens with one attached hydrogen (secondary N) is 1. The van der Waals surface area contributed by atoms with Crippen LogP contribution in [0.5, 0.6) is 0 Å². The first-order chi connectivity index (χ1) is 8.83. The largest absolute Gasteiger partial charge is 0.389 e. The molecule has 0 aliphatic rings. The summed E-state index contributed by atoms with van der Waals surface area (Å²) in [6.45, 7) is 4.66. The van der Waals surface area contributed by atoms with Crippen molar-refractivity contribution in [2.24, 2.45) is 0 Å². The van der Waals surface area contributed by atoms with Crippen LogP contribution in [0.3, 0.4) is 0 Å². The third kappa shape index (κ3) is 5.95. The minimum Gasteiger partial charge on any atom is -0.310 e. The topological polar surface area (TPSA) is 12.0 Å². The van der Waals surface area contributed by atoms with Crippen LogP contribution in [-0.2, 0) is 0 Å². The minimum atomic E-state index is -4.10. The summed E-state index contributed by atoms with van der Waals surface area (Å²) in [7, 11) is 0. The highest BCUT2D eigenvalue weighted by atomic mass is 79.9. The fourth-order valence-corrected chi connectivity index (χ4v) is 2.14. The molecule has 1 N–H and O–H groups in total. The fourth-order valence-electron chi connectivity index (χ4n) is 1.90. The highest BCUT2D eigenvalue weighted by Crippen LogP contribution is 2.29. The normalized spacial score (nSPS) is 13.6. The summed E-state index contributed by atoms with van der Waals surface area (Å²) in [5.74, 6) is 0. The first kappa shape index (κ1) is 16.5. The molecule has 0 fully saturated rings. The van der Waals surface area contributed by atoms with Gasteiger partial charge < -0.3 is 5.32 Å². The van der Waals surface area contributed by atoms with E-state index in [1.807, 2.05) is 32.0 Å². The lowest BCUT2D eigenvalue weighted by Crippen LogP contribution is -2.24. The number of halogens is 4. The Morgan fingerprint density at radius 2 is 2.00 bits per heavy atom. The highest BCUT2D eigenvalue weighted by molar-refractivity contribution is 9.10. The molecular weight excluding hydrogens is 319 g/mol. The van der Waals surface area contributed by atoms with Gasteiger partial charge in [-0.1, -0.05) is 35.0 Å². The zero-order chi connectivity index (χ0) is 14.5. The quantitative estimate of drug-likeness (QED) is 0.757. The molecule has 0 aliphatic heterocycles. The second-order valence-corrected chi connectivity index (χ2v) is 5.52. The van der Waals surface area contributed by atoms with Crippen LogP contribution in [0.25, 0.3) is 0 Å². The lowest BCUT2D eigenvalue weighted by atomic mass is 10.00. The van der Waals surface area contributed by atoms with Crippen LogP contribution in [-0.4, -0.2) is 12.7 Å². The van der Waals surface area contributed by atoms with Gasteiger partial charge in [-0.05, 0) is 43.5 Å². The molecule has 1 nitrogen and oxygen atoms in total. The van der Waals surface area contributed by atoms with Gasteiger partial charge in [-0.3, -0.25) is 0 Å². The second kappa shape index (κ2) is 7.29. The van der Waals surface area contributed by atoms with Gasteiger partial charge in [-0.2, -0.15) is 13.2 Å². The van der Waals surface area contributed by atoms with E-state index < -0.39 is 12.6 Å². The summed E-state index contributed by atoms with van der Waals surface area (Å²) in [5.41, 5.74) is 1.95. The number of rotatable bonds is 6. The molecule has 0 saturated heterocycles. The van der Waals surface area contributed by atoms with Gasteiger partial charge in [0.2, 0.25) is 0 Å². The van der Waals surface area contributed by atoms with E-state index in [-0.39, 0.29) is 12.5 Å². The Morgan fingerprint density at radius 3 is 2.53 bits per heavy atom. The van der Waals surface area contributed by atoms with Gasteiger partial charge in [0.1, 0.15) is 0 Å². The summed E-state index contributed by atoms with van der Waals surface area (Å²) in [6, 6.07) is 5.46. The zero-order valence-electron chi connectivity index (χ0n) is 11.1. The van der Waals surface area contributed by atoms with Crippen LogP contribution in [0.1, 0.15) is 43.4 Å². The molecule has 1 rings (SSSR count). The molecule has 0 aromatic heterocycles. The van der Waals surface area contributed by atoms with Gasteiger partial charge >= 0.3 is 6.18 Å². The fraction of sp³-hybridized carbons (Fsp3) is 0.571. The van der Waals surface area contributed by atoms with E-state index in [4.69, 9.17) is 0 Å². The standard InChI is InChI=1S/C14H19BrF3N/c1-3-8-19-13(6-7-14(16,17)18)11-4-5-12(15)10(2)9-11/h4-5,9,13,19H,3,6-8H2,1-2H3. The van der Waals surface area contributed by atoms with E-state index in [1.165, 1.54) is 0 Å². The Hall–Kier alpha value is -0.550. The summed E-state index contributed by atoms with van der Waals surface area (Å²) in [4.78, 5) is 0. The maximum absolute atomic E-state index is 12.4. The molecular formula is C14H19BrF3N. The van der Waals surface area contributed by atoms with Crippen LogP contribution in [0.2, 0.25) is 0 Å². The first-order valence-corrected chi connectivity index (χ1v) is 7.19. The lowest BCUT2D eigenvalue weighted by Gasteiger charge is -2.20. The zero-order valence-corrected chi connectivity index (χ0v) is 12.7. The molecule has 1 atom stereocenters. The monoisotopic (exact) mass is 337 g/mol. The molecule has 1 unspecified atom stereocenters. The number of alkyl halides is 3. The van der Waals surface area contributed by atoms with E-state index in [0.717, 1.165) is 28.6 Å². The minimum absolute atomic E-state index is 0.0740. The van der Waals surface area contributed by atoms with Gasteiger partial charge in [0.15, 0.2) is 0 Å². The maximum Gasteiger partial charge on any atom is 0.389 e. The molecule has 0 bridgehead atoms. The van der Waals surface area contributed by atoms with Gasteiger partial charge in [-0.15, -0.1) is 0 Å². The predicted molar refractivity (Wildman–Crippen MR) is 75.2 cm³/mol. The molecule has 0 radical (unpaired) electrons. The van der Waals surface area contributed by atoms with Crippen molar-refractivity contribution in [3.8, 4) is 0 Å². The molecule has 0 aliphatic carbocycles. The van der Waals surface area contributed by atoms with Crippen LogP contribution in [0.15, 0.2) is 22.7 Å². The molecule has 19 heavy (non-hydrogen) atoms. The van der Waals surface area contributed by atoms with E-state index in [1.54, 1.807) is 0 Å². The van der Waals surface area contributed by atoms with Gasteiger partial charge in [0.05, 0.1) is 0 Å². The van der Waals surface area contributed by atoms with E-state index >= 15 is 0 Å². The van der Waals surface area contributed by atoms with Crippen LogP contribution < -0.4 is 5.32 Å². The number of benzene rings is 1. The Labute approximate surface area is 120 Å². The van der Waals surface area contributed by atoms with Crippen molar-refractivity contribution in [1.29, 1.82) is 0 Å². The number of aryl methyl sites for hydroxylation is 1. The van der Waals surface area contributed by atoms with E-state index in [0.29, 0.717) is 0 Å². The summed E-state index contributed by atoms with van der Waals surface area (Å²) in [5, 5.41) is 3.19. The molecule has 108 valence electrons. The Morgan fingerprint density at radius 1 is 1.32 bits per heavy atom. The van der Waals surface area contributed by atoms with E-state index in [9.17, 15) is 13.2 Å². The smallest absolute Gasteiger partial charge is 0.310 e. The van der Waals surface area contributed by atoms with Crippen molar-refractivity contribution < 1.29 is 13.2 Å². The molecule has 1 aromatic rings. The van der Waals surface area contributed by atoms with Crippen LogP contribution >= 0.6 is 15.9 Å². The molecule has 0 amide bonds. The third-order valence-electron chi connectivity index (χ3n) is 2.94. The van der Waals surface area contributed by atoms with Crippen molar-refractivity contribution in [2.75, 3.05) is 6.54 Å². The Kier molecular flexibility index (Phi) is 6.33. The Bertz CT molecular complexity index is 404. The van der Waals surface area contributed by atoms with Crippen molar-refractivity contribution in [2.45, 2.75) is 45.3 Å². The van der Waals surface area contributed by atoms with Crippen molar-refractivity contribution in [1.82, 2.24) is 5.32 Å². The van der Waals surface area contributed by atoms with Crippen LogP contribution in [0.4, 0.5) is 13.2 Å². The maximum atomic E-state index is 12.4. The molecule has 0 heterocycles. The summed E-state index contributed by atoms with van der Waals surface area (Å²) < 4.78 is 38.1. The van der Waals surface area contributed by atoms with Crippen molar-refractivity contribution in [3.63, 3.8) is 0 Å². The first-order valence-electron chi connectivity index (χ1n) is 6.39.